The highest BCUT2D eigenvalue weighted by Gasteiger charge is 2.08. The van der Waals surface area contributed by atoms with Crippen LogP contribution in [0.25, 0.3) is 0 Å². The molecule has 0 unspecified atom stereocenters. The maximum absolute atomic E-state index is 11.6. The van der Waals surface area contributed by atoms with Crippen LogP contribution >= 0.6 is 11.3 Å². The summed E-state index contributed by atoms with van der Waals surface area (Å²) < 4.78 is 0. The Labute approximate surface area is 113 Å². The van der Waals surface area contributed by atoms with E-state index in [1.165, 1.54) is 6.07 Å². The number of thiophene rings is 1. The van der Waals surface area contributed by atoms with Gasteiger partial charge in [0.05, 0.1) is 5.00 Å². The number of amides is 2. The fourth-order valence-corrected chi connectivity index (χ4v) is 2.19. The molecule has 0 saturated carbocycles. The Morgan fingerprint density at radius 1 is 1.11 bits per heavy atom. The topological polar surface area (TPSA) is 78.4 Å². The van der Waals surface area contributed by atoms with E-state index in [1.54, 1.807) is 6.07 Å². The number of nitrogens with one attached hydrogen (secondary N) is 2. The smallest absolute Gasteiger partial charge is 0.345 e. The molecule has 19 heavy (non-hydrogen) atoms. The number of hydrogen-bond acceptors (Lipinski definition) is 3. The largest absolute Gasteiger partial charge is 0.477 e. The molecule has 0 bridgehead atoms. The Bertz CT molecular complexity index is 581. The molecule has 6 heteroatoms. The number of carboxylic acid groups (broad SMARTS) is 1. The average molecular weight is 276 g/mol. The summed E-state index contributed by atoms with van der Waals surface area (Å²) >= 11 is 1.02. The van der Waals surface area contributed by atoms with Crippen LogP contribution < -0.4 is 10.6 Å². The molecule has 0 aliphatic carbocycles. The predicted octanol–water partition coefficient (Wildman–Crippen LogP) is 2.77. The van der Waals surface area contributed by atoms with E-state index >= 15 is 0 Å². The quantitative estimate of drug-likeness (QED) is 0.803. The van der Waals surface area contributed by atoms with Gasteiger partial charge in [-0.3, -0.25) is 5.32 Å². The standard InChI is InChI=1S/C13H12N2O3S/c16-12(17)10-6-7-11(19-10)15-13(18)14-8-9-4-2-1-3-5-9/h1-7H,8H2,(H,16,17)(H2,14,15,18). The highest BCUT2D eigenvalue weighted by atomic mass is 32.1. The van der Waals surface area contributed by atoms with Gasteiger partial charge in [-0.2, -0.15) is 0 Å². The Kier molecular flexibility index (Phi) is 4.15. The molecular formula is C13H12N2O3S. The second-order valence-electron chi connectivity index (χ2n) is 3.76. The fourth-order valence-electron chi connectivity index (χ4n) is 1.45. The summed E-state index contributed by atoms with van der Waals surface area (Å²) in [7, 11) is 0. The number of rotatable bonds is 4. The summed E-state index contributed by atoms with van der Waals surface area (Å²) in [4.78, 5) is 22.5. The summed E-state index contributed by atoms with van der Waals surface area (Å²) in [6.07, 6.45) is 0. The lowest BCUT2D eigenvalue weighted by molar-refractivity contribution is 0.0702. The Morgan fingerprint density at radius 2 is 1.84 bits per heavy atom. The zero-order chi connectivity index (χ0) is 13.7. The molecule has 0 spiro atoms. The SMILES string of the molecule is O=C(NCc1ccccc1)Nc1ccc(C(=O)O)s1. The molecule has 2 amide bonds. The van der Waals surface area contributed by atoms with Gasteiger partial charge < -0.3 is 10.4 Å². The number of benzene rings is 1. The van der Waals surface area contributed by atoms with Crippen LogP contribution in [0.5, 0.6) is 0 Å². The summed E-state index contributed by atoms with van der Waals surface area (Å²) in [5.74, 6) is -0.997. The molecule has 1 aromatic carbocycles. The number of carboxylic acids is 1. The zero-order valence-corrected chi connectivity index (χ0v) is 10.7. The van der Waals surface area contributed by atoms with E-state index in [9.17, 15) is 9.59 Å². The molecule has 3 N–H and O–H groups in total. The second kappa shape index (κ2) is 6.01. The highest BCUT2D eigenvalue weighted by molar-refractivity contribution is 7.18. The van der Waals surface area contributed by atoms with Crippen molar-refractivity contribution < 1.29 is 14.7 Å². The van der Waals surface area contributed by atoms with Crippen molar-refractivity contribution in [1.82, 2.24) is 5.32 Å². The van der Waals surface area contributed by atoms with Crippen LogP contribution in [0.4, 0.5) is 9.80 Å². The Balaban J connectivity index is 1.85. The first-order chi connectivity index (χ1) is 9.15. The lowest BCUT2D eigenvalue weighted by atomic mass is 10.2. The first-order valence-corrected chi connectivity index (χ1v) is 6.39. The van der Waals surface area contributed by atoms with E-state index in [2.05, 4.69) is 10.6 Å². The van der Waals surface area contributed by atoms with E-state index in [4.69, 9.17) is 5.11 Å². The molecule has 2 aromatic rings. The van der Waals surface area contributed by atoms with Gasteiger partial charge in [0.15, 0.2) is 0 Å². The maximum Gasteiger partial charge on any atom is 0.345 e. The summed E-state index contributed by atoms with van der Waals surface area (Å²) in [5, 5.41) is 14.6. The molecule has 1 aromatic heterocycles. The zero-order valence-electron chi connectivity index (χ0n) is 9.92. The number of hydrogen-bond donors (Lipinski definition) is 3. The number of carbonyl (C=O) groups excluding carboxylic acids is 1. The minimum Gasteiger partial charge on any atom is -0.477 e. The Hall–Kier alpha value is -2.34. The van der Waals surface area contributed by atoms with Gasteiger partial charge in [-0.15, -0.1) is 11.3 Å². The third-order valence-electron chi connectivity index (χ3n) is 2.35. The first kappa shape index (κ1) is 13.1. The lowest BCUT2D eigenvalue weighted by Crippen LogP contribution is -2.27. The normalized spacial score (nSPS) is 9.89. The van der Waals surface area contributed by atoms with Crippen molar-refractivity contribution in [3.8, 4) is 0 Å². The molecule has 2 rings (SSSR count). The van der Waals surface area contributed by atoms with Crippen LogP contribution in [0.15, 0.2) is 42.5 Å². The number of carbonyl (C=O) groups is 2. The van der Waals surface area contributed by atoms with Crippen molar-refractivity contribution in [1.29, 1.82) is 0 Å². The van der Waals surface area contributed by atoms with Gasteiger partial charge in [0, 0.05) is 6.54 Å². The number of aromatic carboxylic acids is 1. The van der Waals surface area contributed by atoms with Crippen molar-refractivity contribution in [2.45, 2.75) is 6.54 Å². The van der Waals surface area contributed by atoms with Gasteiger partial charge in [-0.1, -0.05) is 30.3 Å². The summed E-state index contributed by atoms with van der Waals surface area (Å²) in [6, 6.07) is 12.2. The molecule has 1 heterocycles. The van der Waals surface area contributed by atoms with E-state index < -0.39 is 5.97 Å². The van der Waals surface area contributed by atoms with Gasteiger partial charge in [0.25, 0.3) is 0 Å². The molecule has 0 fully saturated rings. The molecular weight excluding hydrogens is 264 g/mol. The molecule has 0 radical (unpaired) electrons. The minimum atomic E-state index is -0.997. The van der Waals surface area contributed by atoms with Crippen LogP contribution in [0.2, 0.25) is 0 Å². The third-order valence-corrected chi connectivity index (χ3v) is 3.34. The van der Waals surface area contributed by atoms with Crippen LogP contribution in [0, 0.1) is 0 Å². The highest BCUT2D eigenvalue weighted by Crippen LogP contribution is 2.21. The van der Waals surface area contributed by atoms with E-state index in [0.29, 0.717) is 11.5 Å². The maximum atomic E-state index is 11.6. The van der Waals surface area contributed by atoms with Crippen molar-refractivity contribution in [2.75, 3.05) is 5.32 Å². The molecule has 0 aliphatic rings. The van der Waals surface area contributed by atoms with E-state index in [0.717, 1.165) is 16.9 Å². The van der Waals surface area contributed by atoms with Crippen LogP contribution in [0.1, 0.15) is 15.2 Å². The van der Waals surface area contributed by atoms with Gasteiger partial charge in [-0.05, 0) is 17.7 Å². The molecule has 0 saturated heterocycles. The number of anilines is 1. The van der Waals surface area contributed by atoms with Gasteiger partial charge in [0.2, 0.25) is 0 Å². The second-order valence-corrected chi connectivity index (χ2v) is 4.85. The molecule has 98 valence electrons. The van der Waals surface area contributed by atoms with Crippen molar-refractivity contribution in [3.63, 3.8) is 0 Å². The van der Waals surface area contributed by atoms with E-state index in [1.807, 2.05) is 30.3 Å². The molecule has 0 aliphatic heterocycles. The van der Waals surface area contributed by atoms with Crippen LogP contribution in [0.3, 0.4) is 0 Å². The van der Waals surface area contributed by atoms with E-state index in [-0.39, 0.29) is 10.9 Å². The third kappa shape index (κ3) is 3.82. The monoisotopic (exact) mass is 276 g/mol. The van der Waals surface area contributed by atoms with Gasteiger partial charge in [0.1, 0.15) is 4.88 Å². The van der Waals surface area contributed by atoms with Crippen LogP contribution in [-0.2, 0) is 6.54 Å². The van der Waals surface area contributed by atoms with Crippen molar-refractivity contribution >= 4 is 28.3 Å². The van der Waals surface area contributed by atoms with Crippen LogP contribution in [-0.4, -0.2) is 17.1 Å². The molecule has 5 nitrogen and oxygen atoms in total. The molecule has 0 atom stereocenters. The number of urea groups is 1. The predicted molar refractivity (Wildman–Crippen MR) is 73.6 cm³/mol. The fraction of sp³-hybridized carbons (Fsp3) is 0.0769. The van der Waals surface area contributed by atoms with Crippen molar-refractivity contribution in [2.24, 2.45) is 0 Å². The lowest BCUT2D eigenvalue weighted by Gasteiger charge is -2.05. The Morgan fingerprint density at radius 3 is 2.47 bits per heavy atom. The average Bonchev–Trinajstić information content (AvgIpc) is 2.86. The summed E-state index contributed by atoms with van der Waals surface area (Å²) in [6.45, 7) is 0.420. The minimum absolute atomic E-state index is 0.193. The van der Waals surface area contributed by atoms with Gasteiger partial charge >= 0.3 is 12.0 Å². The van der Waals surface area contributed by atoms with Crippen molar-refractivity contribution in [3.05, 3.63) is 52.9 Å². The summed E-state index contributed by atoms with van der Waals surface area (Å²) in [5.41, 5.74) is 0.995. The van der Waals surface area contributed by atoms with Gasteiger partial charge in [-0.25, -0.2) is 9.59 Å². The first-order valence-electron chi connectivity index (χ1n) is 5.57.